The molecule has 0 fully saturated rings. The molecule has 4 aromatic rings. The highest BCUT2D eigenvalue weighted by Crippen LogP contribution is 2.38. The Hall–Kier alpha value is -5.13. The van der Waals surface area contributed by atoms with E-state index in [2.05, 4.69) is 15.5 Å². The number of aromatic nitrogens is 3. The molecular weight excluding hydrogens is 652 g/mol. The van der Waals surface area contributed by atoms with Gasteiger partial charge in [-0.1, -0.05) is 13.8 Å². The third-order valence-electron chi connectivity index (χ3n) is 7.78. The second-order valence-corrected chi connectivity index (χ2v) is 14.1. The second-order valence-electron chi connectivity index (χ2n) is 12.1. The van der Waals surface area contributed by atoms with E-state index in [-0.39, 0.29) is 53.6 Å². The number of carboxylic acid groups (broad SMARTS) is 1. The molecule has 254 valence electrons. The summed E-state index contributed by atoms with van der Waals surface area (Å²) in [5.74, 6) is -4.98. The van der Waals surface area contributed by atoms with Gasteiger partial charge in [-0.2, -0.15) is 9.40 Å². The molecule has 0 aliphatic carbocycles. The highest BCUT2D eigenvalue weighted by atomic mass is 32.2. The third-order valence-corrected chi connectivity index (χ3v) is 9.55. The molecule has 2 aromatic heterocycles. The number of anilines is 1. The number of hydrogen-bond donors (Lipinski definition) is 4. The number of benzene rings is 2. The Morgan fingerprint density at radius 2 is 1.81 bits per heavy atom. The molecule has 1 aliphatic rings. The summed E-state index contributed by atoms with van der Waals surface area (Å²) in [6, 6.07) is 5.97. The van der Waals surface area contributed by atoms with Gasteiger partial charge in [0.15, 0.2) is 5.82 Å². The van der Waals surface area contributed by atoms with Crippen LogP contribution in [-0.4, -0.2) is 89.1 Å². The van der Waals surface area contributed by atoms with Crippen molar-refractivity contribution in [2.24, 2.45) is 5.73 Å². The fourth-order valence-corrected chi connectivity index (χ4v) is 7.01. The average molecular weight is 686 g/mol. The number of hydrogen-bond acceptors (Lipinski definition) is 8. The first-order valence-electron chi connectivity index (χ1n) is 14.5. The molecular formula is C31H33F2N7O7S. The number of amides is 2. The summed E-state index contributed by atoms with van der Waals surface area (Å²) < 4.78 is 63.3. The van der Waals surface area contributed by atoms with Gasteiger partial charge in [0.1, 0.15) is 24.0 Å². The molecule has 2 aromatic carbocycles. The van der Waals surface area contributed by atoms with E-state index in [1.165, 1.54) is 35.2 Å². The van der Waals surface area contributed by atoms with Crippen LogP contribution in [0.4, 0.5) is 14.6 Å². The molecule has 0 spiro atoms. The smallest absolute Gasteiger partial charge is 0.337 e. The molecule has 0 unspecified atom stereocenters. The van der Waals surface area contributed by atoms with Gasteiger partial charge in [0, 0.05) is 54.8 Å². The first-order chi connectivity index (χ1) is 22.5. The van der Waals surface area contributed by atoms with Crippen molar-refractivity contribution in [1.82, 2.24) is 24.0 Å². The number of fused-ring (bicyclic) bond motifs is 1. The summed E-state index contributed by atoms with van der Waals surface area (Å²) in [6.45, 7) is 3.78. The quantitative estimate of drug-likeness (QED) is 0.184. The van der Waals surface area contributed by atoms with Gasteiger partial charge in [0.05, 0.1) is 27.3 Å². The minimum Gasteiger partial charge on any atom is -0.490 e. The molecule has 2 amide bonds. The summed E-state index contributed by atoms with van der Waals surface area (Å²) in [7, 11) is -0.725. The van der Waals surface area contributed by atoms with E-state index in [4.69, 9.17) is 10.5 Å². The number of H-pyrrole nitrogens is 1. The van der Waals surface area contributed by atoms with Gasteiger partial charge in [0.25, 0.3) is 5.91 Å². The van der Waals surface area contributed by atoms with Crippen LogP contribution in [0.5, 0.6) is 5.75 Å². The zero-order chi connectivity index (χ0) is 35.1. The summed E-state index contributed by atoms with van der Waals surface area (Å²) in [5, 5.41) is 19.1. The topological polar surface area (TPSA) is 193 Å². The molecule has 0 bridgehead atoms. The Labute approximate surface area is 274 Å². The zero-order valence-corrected chi connectivity index (χ0v) is 27.2. The van der Waals surface area contributed by atoms with Crippen LogP contribution in [-0.2, 0) is 22.0 Å². The molecule has 0 atom stereocenters. The van der Waals surface area contributed by atoms with E-state index >= 15 is 0 Å². The summed E-state index contributed by atoms with van der Waals surface area (Å²) in [4.78, 5) is 39.3. The van der Waals surface area contributed by atoms with E-state index in [1.807, 2.05) is 19.0 Å². The lowest BCUT2D eigenvalue weighted by Gasteiger charge is -2.36. The number of ether oxygens (including phenoxy) is 1. The van der Waals surface area contributed by atoms with Crippen molar-refractivity contribution in [2.75, 3.05) is 39.1 Å². The van der Waals surface area contributed by atoms with Crippen molar-refractivity contribution in [1.29, 1.82) is 0 Å². The highest BCUT2D eigenvalue weighted by Gasteiger charge is 2.41. The van der Waals surface area contributed by atoms with Crippen LogP contribution in [0.2, 0.25) is 0 Å². The number of aromatic carboxylic acids is 1. The van der Waals surface area contributed by atoms with Gasteiger partial charge in [-0.05, 0) is 44.4 Å². The minimum atomic E-state index is -4.40. The van der Waals surface area contributed by atoms with Gasteiger partial charge in [-0.15, -0.1) is 0 Å². The predicted molar refractivity (Wildman–Crippen MR) is 169 cm³/mol. The summed E-state index contributed by atoms with van der Waals surface area (Å²) in [5.41, 5.74) is 5.40. The number of primary amides is 1. The van der Waals surface area contributed by atoms with Crippen LogP contribution in [0.25, 0.3) is 5.69 Å². The van der Waals surface area contributed by atoms with Crippen LogP contribution in [0, 0.1) is 11.6 Å². The van der Waals surface area contributed by atoms with Crippen molar-refractivity contribution in [3.63, 3.8) is 0 Å². The maximum absolute atomic E-state index is 14.0. The lowest BCUT2D eigenvalue weighted by molar-refractivity contribution is 0.0696. The van der Waals surface area contributed by atoms with Crippen LogP contribution >= 0.6 is 0 Å². The number of carbonyl (C=O) groups is 3. The lowest BCUT2D eigenvalue weighted by Crippen LogP contribution is -2.45. The Morgan fingerprint density at radius 3 is 2.42 bits per heavy atom. The Morgan fingerprint density at radius 1 is 1.12 bits per heavy atom. The Balaban J connectivity index is 1.53. The van der Waals surface area contributed by atoms with E-state index in [1.54, 1.807) is 13.8 Å². The van der Waals surface area contributed by atoms with Gasteiger partial charge >= 0.3 is 5.97 Å². The number of halogens is 2. The maximum Gasteiger partial charge on any atom is 0.337 e. The molecule has 5 N–H and O–H groups in total. The standard InChI is InChI=1S/C31H33F2N7O7S/c1-31(2)16-40(48(45,46)20-10-18(32)9-19(33)11-20)15-23-26(31)36-37-28(23)35-29(42)22-12-24(39-6-5-17(14-39)30(43)44)25(13-21(22)27(34)41)47-8-7-38(3)4/h5-6,9-14H,7-8,15-16H2,1-4H3,(H2,34,41)(H,43,44)(H2,35,36,37,42). The summed E-state index contributed by atoms with van der Waals surface area (Å²) in [6.07, 6.45) is 2.77. The molecule has 0 saturated heterocycles. The van der Waals surface area contributed by atoms with Crippen molar-refractivity contribution in [3.05, 3.63) is 88.4 Å². The number of aromatic amines is 1. The van der Waals surface area contributed by atoms with Crippen molar-refractivity contribution in [3.8, 4) is 11.4 Å². The van der Waals surface area contributed by atoms with E-state index in [0.717, 1.165) is 16.4 Å². The second kappa shape index (κ2) is 12.8. The van der Waals surface area contributed by atoms with Gasteiger partial charge in [0.2, 0.25) is 15.9 Å². The number of nitrogens with one attached hydrogen (secondary N) is 2. The lowest BCUT2D eigenvalue weighted by atomic mass is 9.84. The maximum atomic E-state index is 14.0. The number of likely N-dealkylation sites (N-methyl/N-ethyl adjacent to an activating group) is 1. The minimum absolute atomic E-state index is 0.0366. The SMILES string of the molecule is CN(C)CCOc1cc(C(N)=O)c(C(=O)Nc2n[nH]c3c2CN(S(=O)(=O)c2cc(F)cc(F)c2)CC3(C)C)cc1-n1ccc(C(=O)O)c1. The Kier molecular flexibility index (Phi) is 9.13. The zero-order valence-electron chi connectivity index (χ0n) is 26.4. The largest absolute Gasteiger partial charge is 0.490 e. The van der Waals surface area contributed by atoms with Gasteiger partial charge < -0.3 is 30.4 Å². The molecule has 5 rings (SSSR count). The van der Waals surface area contributed by atoms with Gasteiger partial charge in [-0.25, -0.2) is 22.0 Å². The third kappa shape index (κ3) is 6.78. The molecule has 17 heteroatoms. The molecule has 0 radical (unpaired) electrons. The molecule has 1 aliphatic heterocycles. The first-order valence-corrected chi connectivity index (χ1v) is 15.9. The number of carboxylic acids is 1. The molecule has 48 heavy (non-hydrogen) atoms. The fraction of sp³-hybridized carbons (Fsp3) is 0.290. The number of sulfonamides is 1. The predicted octanol–water partition coefficient (Wildman–Crippen LogP) is 2.95. The van der Waals surface area contributed by atoms with E-state index in [0.29, 0.717) is 23.9 Å². The van der Waals surface area contributed by atoms with Crippen molar-refractivity contribution in [2.45, 2.75) is 30.7 Å². The number of rotatable bonds is 11. The molecule has 3 heterocycles. The number of carbonyl (C=O) groups excluding carboxylic acids is 2. The van der Waals surface area contributed by atoms with Crippen LogP contribution < -0.4 is 15.8 Å². The van der Waals surface area contributed by atoms with Gasteiger partial charge in [-0.3, -0.25) is 14.7 Å². The van der Waals surface area contributed by atoms with E-state index < -0.39 is 49.8 Å². The molecule has 0 saturated carbocycles. The highest BCUT2D eigenvalue weighted by molar-refractivity contribution is 7.89. The Bertz CT molecular complexity index is 2020. The first kappa shape index (κ1) is 34.2. The number of nitrogens with zero attached hydrogens (tertiary/aromatic N) is 4. The number of nitrogens with two attached hydrogens (primary N) is 1. The van der Waals surface area contributed by atoms with Crippen molar-refractivity contribution >= 4 is 33.6 Å². The van der Waals surface area contributed by atoms with Crippen LogP contribution in [0.15, 0.2) is 53.7 Å². The van der Waals surface area contributed by atoms with E-state index in [9.17, 15) is 36.7 Å². The van der Waals surface area contributed by atoms with Crippen molar-refractivity contribution < 1.29 is 41.4 Å². The average Bonchev–Trinajstić information content (AvgIpc) is 3.64. The monoisotopic (exact) mass is 685 g/mol. The summed E-state index contributed by atoms with van der Waals surface area (Å²) >= 11 is 0. The van der Waals surface area contributed by atoms with Crippen LogP contribution in [0.3, 0.4) is 0 Å². The molecule has 14 nitrogen and oxygen atoms in total. The normalized spacial score (nSPS) is 14.5. The fourth-order valence-electron chi connectivity index (χ4n) is 5.39. The van der Waals surface area contributed by atoms with Crippen LogP contribution in [0.1, 0.15) is 56.2 Å².